The summed E-state index contributed by atoms with van der Waals surface area (Å²) >= 11 is 0. The summed E-state index contributed by atoms with van der Waals surface area (Å²) in [6.45, 7) is 11.8. The summed E-state index contributed by atoms with van der Waals surface area (Å²) in [5.41, 5.74) is 5.49. The van der Waals surface area contributed by atoms with E-state index in [2.05, 4.69) is 34.0 Å². The standard InChI is InChI=1S/C14H31N5O/c1-14(2,13(15)16-20)5-6-18-9-11-19(12-10-18)8-7-17(3)4/h20H,5-12H2,1-4H3,(H2,15,16). The molecule has 0 spiro atoms. The Bertz CT molecular complexity index is 309. The van der Waals surface area contributed by atoms with Crippen LogP contribution in [0.3, 0.4) is 0 Å². The highest BCUT2D eigenvalue weighted by atomic mass is 16.4. The summed E-state index contributed by atoms with van der Waals surface area (Å²) in [4.78, 5) is 7.22. The highest BCUT2D eigenvalue weighted by molar-refractivity contribution is 5.85. The molecule has 1 fully saturated rings. The Morgan fingerprint density at radius 3 is 2.10 bits per heavy atom. The summed E-state index contributed by atoms with van der Waals surface area (Å²) in [5.74, 6) is 0.321. The van der Waals surface area contributed by atoms with Gasteiger partial charge in [0, 0.05) is 44.7 Å². The Balaban J connectivity index is 2.26. The first-order valence-electron chi connectivity index (χ1n) is 7.42. The van der Waals surface area contributed by atoms with Gasteiger partial charge in [0.15, 0.2) is 0 Å². The molecule has 1 saturated heterocycles. The average molecular weight is 285 g/mol. The lowest BCUT2D eigenvalue weighted by molar-refractivity contribution is 0.118. The number of rotatable bonds is 7. The Hall–Kier alpha value is -0.850. The zero-order valence-corrected chi connectivity index (χ0v) is 13.5. The Labute approximate surface area is 123 Å². The molecule has 0 amide bonds. The molecule has 0 radical (unpaired) electrons. The second-order valence-electron chi connectivity index (χ2n) is 6.61. The lowest BCUT2D eigenvalue weighted by atomic mass is 9.88. The smallest absolute Gasteiger partial charge is 0.144 e. The Morgan fingerprint density at radius 2 is 1.65 bits per heavy atom. The number of nitrogens with zero attached hydrogens (tertiary/aromatic N) is 4. The lowest BCUT2D eigenvalue weighted by Gasteiger charge is -2.36. The maximum absolute atomic E-state index is 8.78. The van der Waals surface area contributed by atoms with Crippen LogP contribution in [0, 0.1) is 5.41 Å². The summed E-state index contributed by atoms with van der Waals surface area (Å²) in [6.07, 6.45) is 0.917. The molecule has 0 aromatic carbocycles. The van der Waals surface area contributed by atoms with E-state index in [0.29, 0.717) is 5.84 Å². The van der Waals surface area contributed by atoms with Crippen LogP contribution >= 0.6 is 0 Å². The predicted molar refractivity (Wildman–Crippen MR) is 83.2 cm³/mol. The molecule has 118 valence electrons. The van der Waals surface area contributed by atoms with Gasteiger partial charge in [-0.05, 0) is 27.1 Å². The van der Waals surface area contributed by atoms with Crippen LogP contribution in [-0.4, -0.2) is 85.7 Å². The van der Waals surface area contributed by atoms with Crippen molar-refractivity contribution in [3.63, 3.8) is 0 Å². The molecule has 0 saturated carbocycles. The minimum Gasteiger partial charge on any atom is -0.409 e. The molecule has 0 atom stereocenters. The van der Waals surface area contributed by atoms with Gasteiger partial charge in [-0.2, -0.15) is 0 Å². The van der Waals surface area contributed by atoms with E-state index in [9.17, 15) is 0 Å². The van der Waals surface area contributed by atoms with Gasteiger partial charge in [0.05, 0.1) is 0 Å². The number of oxime groups is 1. The van der Waals surface area contributed by atoms with Crippen molar-refractivity contribution >= 4 is 5.84 Å². The second kappa shape index (κ2) is 7.81. The van der Waals surface area contributed by atoms with Gasteiger partial charge < -0.3 is 20.7 Å². The molecule has 3 N–H and O–H groups in total. The summed E-state index contributed by atoms with van der Waals surface area (Å²) < 4.78 is 0. The molecule has 1 aliphatic rings. The van der Waals surface area contributed by atoms with E-state index in [1.54, 1.807) is 0 Å². The molecule has 0 aromatic rings. The van der Waals surface area contributed by atoms with Crippen molar-refractivity contribution in [2.24, 2.45) is 16.3 Å². The molecular formula is C14H31N5O. The van der Waals surface area contributed by atoms with Crippen LogP contribution in [0.15, 0.2) is 5.16 Å². The van der Waals surface area contributed by atoms with Gasteiger partial charge in [-0.15, -0.1) is 0 Å². The van der Waals surface area contributed by atoms with Gasteiger partial charge >= 0.3 is 0 Å². The molecule has 1 aliphatic heterocycles. The van der Waals surface area contributed by atoms with E-state index >= 15 is 0 Å². The van der Waals surface area contributed by atoms with Crippen molar-refractivity contribution in [2.75, 3.05) is 59.9 Å². The number of nitrogens with two attached hydrogens (primary N) is 1. The van der Waals surface area contributed by atoms with Crippen LogP contribution in [0.1, 0.15) is 20.3 Å². The molecule has 0 aromatic heterocycles. The largest absolute Gasteiger partial charge is 0.409 e. The van der Waals surface area contributed by atoms with Crippen LogP contribution in [0.2, 0.25) is 0 Å². The highest BCUT2D eigenvalue weighted by Gasteiger charge is 2.25. The normalized spacial score (nSPS) is 19.8. The van der Waals surface area contributed by atoms with E-state index in [1.165, 1.54) is 0 Å². The van der Waals surface area contributed by atoms with Crippen LogP contribution < -0.4 is 5.73 Å². The maximum atomic E-state index is 8.78. The number of amidine groups is 1. The molecule has 1 rings (SSSR count). The van der Waals surface area contributed by atoms with E-state index in [-0.39, 0.29) is 5.41 Å². The quantitative estimate of drug-likeness (QED) is 0.305. The average Bonchev–Trinajstić information content (AvgIpc) is 2.43. The third kappa shape index (κ3) is 5.64. The topological polar surface area (TPSA) is 68.3 Å². The van der Waals surface area contributed by atoms with Crippen LogP contribution in [0.25, 0.3) is 0 Å². The maximum Gasteiger partial charge on any atom is 0.144 e. The van der Waals surface area contributed by atoms with Gasteiger partial charge in [0.1, 0.15) is 5.84 Å². The first-order valence-corrected chi connectivity index (χ1v) is 7.42. The minimum absolute atomic E-state index is 0.239. The molecular weight excluding hydrogens is 254 g/mol. The highest BCUT2D eigenvalue weighted by Crippen LogP contribution is 2.21. The van der Waals surface area contributed by atoms with E-state index in [4.69, 9.17) is 10.9 Å². The lowest BCUT2D eigenvalue weighted by Crippen LogP contribution is -2.49. The first kappa shape index (κ1) is 17.2. The van der Waals surface area contributed by atoms with Crippen LogP contribution in [0.4, 0.5) is 0 Å². The van der Waals surface area contributed by atoms with Crippen molar-refractivity contribution in [3.05, 3.63) is 0 Å². The van der Waals surface area contributed by atoms with Gasteiger partial charge in [0.25, 0.3) is 0 Å². The summed E-state index contributed by atoms with van der Waals surface area (Å²) in [6, 6.07) is 0. The van der Waals surface area contributed by atoms with Crippen LogP contribution in [-0.2, 0) is 0 Å². The van der Waals surface area contributed by atoms with Crippen molar-refractivity contribution in [1.82, 2.24) is 14.7 Å². The Morgan fingerprint density at radius 1 is 1.15 bits per heavy atom. The third-order valence-electron chi connectivity index (χ3n) is 4.18. The fraction of sp³-hybridized carbons (Fsp3) is 0.929. The minimum atomic E-state index is -0.239. The zero-order chi connectivity index (χ0) is 15.2. The van der Waals surface area contributed by atoms with Gasteiger partial charge in [-0.1, -0.05) is 19.0 Å². The van der Waals surface area contributed by atoms with Gasteiger partial charge in [0.2, 0.25) is 0 Å². The van der Waals surface area contributed by atoms with Crippen molar-refractivity contribution in [1.29, 1.82) is 0 Å². The van der Waals surface area contributed by atoms with E-state index < -0.39 is 0 Å². The van der Waals surface area contributed by atoms with E-state index in [1.807, 2.05) is 13.8 Å². The van der Waals surface area contributed by atoms with Crippen molar-refractivity contribution in [2.45, 2.75) is 20.3 Å². The number of piperazine rings is 1. The predicted octanol–water partition coefficient (Wildman–Crippen LogP) is 0.328. The number of hydrogen-bond donors (Lipinski definition) is 2. The molecule has 6 nitrogen and oxygen atoms in total. The monoisotopic (exact) mass is 285 g/mol. The molecule has 0 unspecified atom stereocenters. The van der Waals surface area contributed by atoms with Gasteiger partial charge in [-0.25, -0.2) is 0 Å². The summed E-state index contributed by atoms with van der Waals surface area (Å²) in [7, 11) is 4.23. The first-order chi connectivity index (χ1) is 9.35. The molecule has 20 heavy (non-hydrogen) atoms. The second-order valence-corrected chi connectivity index (χ2v) is 6.61. The van der Waals surface area contributed by atoms with Gasteiger partial charge in [-0.3, -0.25) is 4.90 Å². The fourth-order valence-electron chi connectivity index (χ4n) is 2.28. The van der Waals surface area contributed by atoms with Crippen molar-refractivity contribution in [3.8, 4) is 0 Å². The zero-order valence-electron chi connectivity index (χ0n) is 13.5. The van der Waals surface area contributed by atoms with Crippen molar-refractivity contribution < 1.29 is 5.21 Å². The Kier molecular flexibility index (Phi) is 6.71. The summed E-state index contributed by atoms with van der Waals surface area (Å²) in [5, 5.41) is 11.9. The van der Waals surface area contributed by atoms with E-state index in [0.717, 1.165) is 52.2 Å². The molecule has 0 aliphatic carbocycles. The van der Waals surface area contributed by atoms with Crippen LogP contribution in [0.5, 0.6) is 0 Å². The molecule has 0 bridgehead atoms. The molecule has 6 heteroatoms. The fourth-order valence-corrected chi connectivity index (χ4v) is 2.28. The third-order valence-corrected chi connectivity index (χ3v) is 4.18. The molecule has 1 heterocycles. The number of hydrogen-bond acceptors (Lipinski definition) is 5. The number of likely N-dealkylation sites (N-methyl/N-ethyl adjacent to an activating group) is 1. The SMILES string of the molecule is CN(C)CCN1CCN(CCC(C)(C)C(N)=NO)CC1.